The van der Waals surface area contributed by atoms with E-state index in [2.05, 4.69) is 10.3 Å². The van der Waals surface area contributed by atoms with Crippen LogP contribution in [0.1, 0.15) is 17.8 Å². The third-order valence-corrected chi connectivity index (χ3v) is 3.37. The first-order valence-electron chi connectivity index (χ1n) is 5.17. The number of anilines is 1. The van der Waals surface area contributed by atoms with E-state index in [1.54, 1.807) is 11.7 Å². The van der Waals surface area contributed by atoms with Gasteiger partial charge in [-0.05, 0) is 13.0 Å². The number of benzene rings is 1. The Morgan fingerprint density at radius 2 is 2.33 bits per heavy atom. The number of hydrogen-bond acceptors (Lipinski definition) is 5. The summed E-state index contributed by atoms with van der Waals surface area (Å²) in [5, 5.41) is 13.5. The summed E-state index contributed by atoms with van der Waals surface area (Å²) in [5.41, 5.74) is 1.65. The van der Waals surface area contributed by atoms with Gasteiger partial charge in [0.2, 0.25) is 0 Å². The molecule has 2 rings (SSSR count). The molecule has 0 amide bonds. The topological polar surface area (TPSA) is 68.1 Å². The number of nitro benzene ring substituents is 1. The van der Waals surface area contributed by atoms with E-state index >= 15 is 0 Å². The number of nitrogens with zero attached hydrogens (tertiary/aromatic N) is 2. The lowest BCUT2D eigenvalue weighted by Gasteiger charge is -2.13. The second kappa shape index (κ2) is 5.09. The monoisotopic (exact) mass is 267 g/mol. The van der Waals surface area contributed by atoms with Gasteiger partial charge >= 0.3 is 0 Å². The van der Waals surface area contributed by atoms with E-state index in [4.69, 9.17) is 0 Å². The third kappa shape index (κ3) is 2.62. The number of nitro groups is 1. The van der Waals surface area contributed by atoms with Gasteiger partial charge in [-0.15, -0.1) is 11.3 Å². The summed E-state index contributed by atoms with van der Waals surface area (Å²) in [7, 11) is 0. The second-order valence-electron chi connectivity index (χ2n) is 3.69. The fraction of sp³-hybridized carbons (Fsp3) is 0.182. The number of rotatable bonds is 4. The maximum absolute atomic E-state index is 13.5. The Hall–Kier alpha value is -2.02. The number of hydrogen-bond donors (Lipinski definition) is 1. The molecular formula is C11H10FN3O2S. The maximum Gasteiger partial charge on any atom is 0.271 e. The second-order valence-corrected chi connectivity index (χ2v) is 4.61. The first-order chi connectivity index (χ1) is 8.58. The minimum absolute atomic E-state index is 0.116. The average Bonchev–Trinajstić information content (AvgIpc) is 2.85. The van der Waals surface area contributed by atoms with Gasteiger partial charge in [-0.2, -0.15) is 0 Å². The van der Waals surface area contributed by atoms with Gasteiger partial charge in [0, 0.05) is 23.2 Å². The predicted octanol–water partition coefficient (Wildman–Crippen LogP) is 3.36. The molecule has 0 radical (unpaired) electrons. The lowest BCUT2D eigenvalue weighted by Crippen LogP contribution is -2.06. The molecule has 0 saturated heterocycles. The van der Waals surface area contributed by atoms with Crippen molar-refractivity contribution in [2.75, 3.05) is 5.32 Å². The Bertz CT molecular complexity index is 559. The Morgan fingerprint density at radius 1 is 1.56 bits per heavy atom. The van der Waals surface area contributed by atoms with Crippen LogP contribution < -0.4 is 5.32 Å². The van der Waals surface area contributed by atoms with Gasteiger partial charge in [0.05, 0.1) is 22.2 Å². The van der Waals surface area contributed by atoms with E-state index in [9.17, 15) is 14.5 Å². The predicted molar refractivity (Wildman–Crippen MR) is 67.2 cm³/mol. The Morgan fingerprint density at radius 3 is 2.94 bits per heavy atom. The molecule has 5 nitrogen and oxygen atoms in total. The zero-order valence-electron chi connectivity index (χ0n) is 9.46. The van der Waals surface area contributed by atoms with E-state index < -0.39 is 10.7 Å². The highest BCUT2D eigenvalue weighted by Gasteiger charge is 2.14. The van der Waals surface area contributed by atoms with Gasteiger partial charge in [-0.25, -0.2) is 4.39 Å². The summed E-state index contributed by atoms with van der Waals surface area (Å²) in [5.74, 6) is -0.517. The van der Waals surface area contributed by atoms with Gasteiger partial charge in [0.1, 0.15) is 5.82 Å². The van der Waals surface area contributed by atoms with Crippen LogP contribution in [0.3, 0.4) is 0 Å². The van der Waals surface area contributed by atoms with Crippen LogP contribution in [0.5, 0.6) is 0 Å². The van der Waals surface area contributed by atoms with Crippen molar-refractivity contribution >= 4 is 22.7 Å². The molecule has 1 aromatic carbocycles. The molecule has 1 unspecified atom stereocenters. The standard InChI is InChI=1S/C11H10FN3O2S/c1-7(11-5-13-6-18-11)14-10-4-8(15(16)17)2-3-9(10)12/h2-7,14H,1H3. The van der Waals surface area contributed by atoms with Crippen molar-refractivity contribution in [3.63, 3.8) is 0 Å². The van der Waals surface area contributed by atoms with Crippen LogP contribution in [-0.2, 0) is 0 Å². The van der Waals surface area contributed by atoms with Crippen LogP contribution in [0.4, 0.5) is 15.8 Å². The highest BCUT2D eigenvalue weighted by molar-refractivity contribution is 7.09. The quantitative estimate of drug-likeness (QED) is 0.681. The van der Waals surface area contributed by atoms with E-state index in [0.29, 0.717) is 0 Å². The van der Waals surface area contributed by atoms with Crippen LogP contribution in [0, 0.1) is 15.9 Å². The molecule has 7 heteroatoms. The smallest absolute Gasteiger partial charge is 0.271 e. The van der Waals surface area contributed by atoms with Gasteiger partial charge in [0.25, 0.3) is 5.69 Å². The minimum atomic E-state index is -0.554. The van der Waals surface area contributed by atoms with E-state index in [1.165, 1.54) is 17.4 Å². The van der Waals surface area contributed by atoms with E-state index in [0.717, 1.165) is 17.0 Å². The van der Waals surface area contributed by atoms with Crippen molar-refractivity contribution in [1.29, 1.82) is 0 Å². The molecule has 1 atom stereocenters. The molecule has 0 fully saturated rings. The fourth-order valence-corrected chi connectivity index (χ4v) is 2.11. The lowest BCUT2D eigenvalue weighted by molar-refractivity contribution is -0.384. The zero-order chi connectivity index (χ0) is 13.1. The molecule has 0 saturated carbocycles. The van der Waals surface area contributed by atoms with Crippen LogP contribution in [0.15, 0.2) is 29.9 Å². The largest absolute Gasteiger partial charge is 0.375 e. The first kappa shape index (κ1) is 12.4. The first-order valence-corrected chi connectivity index (χ1v) is 6.05. The minimum Gasteiger partial charge on any atom is -0.375 e. The van der Waals surface area contributed by atoms with Gasteiger partial charge < -0.3 is 5.32 Å². The molecule has 1 heterocycles. The van der Waals surface area contributed by atoms with Crippen LogP contribution in [0.25, 0.3) is 0 Å². The molecule has 18 heavy (non-hydrogen) atoms. The van der Waals surface area contributed by atoms with Crippen molar-refractivity contribution in [2.24, 2.45) is 0 Å². The van der Waals surface area contributed by atoms with E-state index in [1.807, 2.05) is 6.92 Å². The number of aromatic nitrogens is 1. The van der Waals surface area contributed by atoms with Crippen molar-refractivity contribution < 1.29 is 9.31 Å². The number of halogens is 1. The fourth-order valence-electron chi connectivity index (χ4n) is 1.48. The number of non-ortho nitro benzene ring substituents is 1. The molecular weight excluding hydrogens is 257 g/mol. The Labute approximate surface area is 106 Å². The van der Waals surface area contributed by atoms with Crippen molar-refractivity contribution in [2.45, 2.75) is 13.0 Å². The Balaban J connectivity index is 2.23. The molecule has 2 aromatic rings. The SMILES string of the molecule is CC(Nc1cc([N+](=O)[O-])ccc1F)c1cncs1. The normalized spacial score (nSPS) is 12.1. The summed E-state index contributed by atoms with van der Waals surface area (Å²) in [6.07, 6.45) is 1.68. The zero-order valence-corrected chi connectivity index (χ0v) is 10.3. The highest BCUT2D eigenvalue weighted by atomic mass is 32.1. The van der Waals surface area contributed by atoms with Gasteiger partial charge in [0.15, 0.2) is 0 Å². The van der Waals surface area contributed by atoms with E-state index in [-0.39, 0.29) is 17.4 Å². The van der Waals surface area contributed by atoms with Crippen LogP contribution in [-0.4, -0.2) is 9.91 Å². The Kier molecular flexibility index (Phi) is 3.52. The molecule has 0 spiro atoms. The number of nitrogens with one attached hydrogen (secondary N) is 1. The average molecular weight is 267 g/mol. The lowest BCUT2D eigenvalue weighted by atomic mass is 10.2. The molecule has 1 N–H and O–H groups in total. The number of thiazole rings is 1. The van der Waals surface area contributed by atoms with Gasteiger partial charge in [-0.3, -0.25) is 15.1 Å². The van der Waals surface area contributed by atoms with Crippen molar-refractivity contribution in [3.8, 4) is 0 Å². The summed E-state index contributed by atoms with van der Waals surface area (Å²) < 4.78 is 13.5. The van der Waals surface area contributed by atoms with Crippen molar-refractivity contribution in [1.82, 2.24) is 4.98 Å². The molecule has 0 bridgehead atoms. The van der Waals surface area contributed by atoms with Gasteiger partial charge in [-0.1, -0.05) is 0 Å². The summed E-state index contributed by atoms with van der Waals surface area (Å²) in [6.45, 7) is 1.84. The summed E-state index contributed by atoms with van der Waals surface area (Å²) in [4.78, 5) is 14.9. The van der Waals surface area contributed by atoms with Crippen LogP contribution in [0.2, 0.25) is 0 Å². The maximum atomic E-state index is 13.5. The van der Waals surface area contributed by atoms with Crippen molar-refractivity contribution in [3.05, 3.63) is 50.7 Å². The highest BCUT2D eigenvalue weighted by Crippen LogP contribution is 2.26. The summed E-state index contributed by atoms with van der Waals surface area (Å²) in [6, 6.07) is 3.25. The molecule has 94 valence electrons. The third-order valence-electron chi connectivity index (χ3n) is 2.41. The molecule has 0 aliphatic carbocycles. The van der Waals surface area contributed by atoms with Crippen LogP contribution >= 0.6 is 11.3 Å². The summed E-state index contributed by atoms with van der Waals surface area (Å²) >= 11 is 1.44. The molecule has 0 aliphatic heterocycles. The molecule has 1 aromatic heterocycles. The molecule has 0 aliphatic rings.